The number of aromatic hydroxyl groups is 3. The molecule has 9 heteroatoms. The molecule has 1 amide bonds. The Morgan fingerprint density at radius 3 is 1.88 bits per heavy atom. The number of carboxylic acid groups (broad SMARTS) is 2. The Hall–Kier alpha value is -3.75. The average molecular weight is 333 g/mol. The highest BCUT2D eigenvalue weighted by Gasteiger charge is 2.22. The van der Waals surface area contributed by atoms with Gasteiger partial charge in [-0.2, -0.15) is 0 Å². The molecule has 2 rings (SSSR count). The number of aromatic carboxylic acids is 2. The van der Waals surface area contributed by atoms with Gasteiger partial charge in [0.05, 0.1) is 16.8 Å². The van der Waals surface area contributed by atoms with Gasteiger partial charge in [0.25, 0.3) is 5.91 Å². The molecular weight excluding hydrogens is 322 g/mol. The van der Waals surface area contributed by atoms with E-state index >= 15 is 0 Å². The van der Waals surface area contributed by atoms with Crippen molar-refractivity contribution in [2.75, 3.05) is 5.32 Å². The highest BCUT2D eigenvalue weighted by Crippen LogP contribution is 2.29. The van der Waals surface area contributed by atoms with Gasteiger partial charge in [0.2, 0.25) is 0 Å². The summed E-state index contributed by atoms with van der Waals surface area (Å²) in [6.45, 7) is 0. The molecule has 2 aromatic carbocycles. The normalized spacial score (nSPS) is 10.2. The molecule has 9 nitrogen and oxygen atoms in total. The maximum atomic E-state index is 12.2. The zero-order chi connectivity index (χ0) is 18.0. The molecule has 0 fully saturated rings. The summed E-state index contributed by atoms with van der Waals surface area (Å²) < 4.78 is 0. The lowest BCUT2D eigenvalue weighted by Gasteiger charge is -2.11. The number of amides is 1. The third-order valence-corrected chi connectivity index (χ3v) is 3.05. The lowest BCUT2D eigenvalue weighted by molar-refractivity contribution is 0.0684. The second kappa shape index (κ2) is 6.16. The number of phenolic OH excluding ortho intramolecular Hbond substituents is 2. The second-order valence-corrected chi connectivity index (χ2v) is 4.68. The predicted molar refractivity (Wildman–Crippen MR) is 79.8 cm³/mol. The van der Waals surface area contributed by atoms with E-state index in [0.717, 1.165) is 30.3 Å². The van der Waals surface area contributed by atoms with Gasteiger partial charge in [0.15, 0.2) is 0 Å². The van der Waals surface area contributed by atoms with Crippen molar-refractivity contribution in [2.24, 2.45) is 0 Å². The van der Waals surface area contributed by atoms with Crippen LogP contribution in [0.1, 0.15) is 31.1 Å². The number of hydrogen-bond donors (Lipinski definition) is 6. The van der Waals surface area contributed by atoms with Crippen molar-refractivity contribution in [1.29, 1.82) is 0 Å². The highest BCUT2D eigenvalue weighted by atomic mass is 16.4. The monoisotopic (exact) mass is 333 g/mol. The molecule has 124 valence electrons. The molecule has 0 aliphatic carbocycles. The van der Waals surface area contributed by atoms with Crippen molar-refractivity contribution >= 4 is 23.5 Å². The molecule has 0 bridgehead atoms. The van der Waals surface area contributed by atoms with Crippen LogP contribution in [-0.4, -0.2) is 43.4 Å². The van der Waals surface area contributed by atoms with Crippen molar-refractivity contribution in [1.82, 2.24) is 0 Å². The number of carboxylic acids is 2. The first-order valence-corrected chi connectivity index (χ1v) is 6.37. The van der Waals surface area contributed by atoms with Crippen molar-refractivity contribution in [3.8, 4) is 17.2 Å². The van der Waals surface area contributed by atoms with E-state index in [1.807, 2.05) is 0 Å². The molecule has 6 N–H and O–H groups in total. The van der Waals surface area contributed by atoms with Crippen LogP contribution in [0.3, 0.4) is 0 Å². The number of nitrogens with one attached hydrogen (secondary N) is 1. The quantitative estimate of drug-likeness (QED) is 0.457. The van der Waals surface area contributed by atoms with Gasteiger partial charge >= 0.3 is 11.9 Å². The molecule has 0 aliphatic heterocycles. The van der Waals surface area contributed by atoms with E-state index in [9.17, 15) is 29.7 Å². The van der Waals surface area contributed by atoms with Gasteiger partial charge in [-0.15, -0.1) is 0 Å². The van der Waals surface area contributed by atoms with Crippen LogP contribution in [0, 0.1) is 0 Å². The van der Waals surface area contributed by atoms with Gasteiger partial charge in [-0.1, -0.05) is 0 Å². The third-order valence-electron chi connectivity index (χ3n) is 3.05. The Morgan fingerprint density at radius 2 is 1.29 bits per heavy atom. The van der Waals surface area contributed by atoms with E-state index in [1.165, 1.54) is 0 Å². The van der Waals surface area contributed by atoms with Crippen molar-refractivity contribution < 1.29 is 39.9 Å². The first-order valence-electron chi connectivity index (χ1n) is 6.37. The lowest BCUT2D eigenvalue weighted by atomic mass is 10.1. The fourth-order valence-electron chi connectivity index (χ4n) is 1.96. The summed E-state index contributed by atoms with van der Waals surface area (Å²) in [5.41, 5.74) is -1.85. The Morgan fingerprint density at radius 1 is 0.750 bits per heavy atom. The van der Waals surface area contributed by atoms with Gasteiger partial charge in [-0.25, -0.2) is 9.59 Å². The van der Waals surface area contributed by atoms with E-state index in [2.05, 4.69) is 5.32 Å². The maximum Gasteiger partial charge on any atom is 0.339 e. The summed E-state index contributed by atoms with van der Waals surface area (Å²) in [4.78, 5) is 34.3. The predicted octanol–water partition coefficient (Wildman–Crippen LogP) is 1.45. The Labute approximate surface area is 134 Å². The van der Waals surface area contributed by atoms with Crippen LogP contribution < -0.4 is 5.32 Å². The topological polar surface area (TPSA) is 164 Å². The average Bonchev–Trinajstić information content (AvgIpc) is 2.50. The molecule has 0 aliphatic rings. The number of carbonyl (C=O) groups excluding carboxylic acids is 1. The summed E-state index contributed by atoms with van der Waals surface area (Å²) in [6.07, 6.45) is 0. The molecule has 0 saturated carbocycles. The SMILES string of the molecule is O=C(O)c1cc(O)ccc1NC(=O)c1cc(O)cc(C(=O)O)c1O. The minimum Gasteiger partial charge on any atom is -0.508 e. The van der Waals surface area contributed by atoms with Crippen molar-refractivity contribution in [3.05, 3.63) is 47.0 Å². The lowest BCUT2D eigenvalue weighted by Crippen LogP contribution is -2.16. The van der Waals surface area contributed by atoms with Crippen molar-refractivity contribution in [3.63, 3.8) is 0 Å². The molecule has 24 heavy (non-hydrogen) atoms. The van der Waals surface area contributed by atoms with E-state index in [-0.39, 0.29) is 11.4 Å². The summed E-state index contributed by atoms with van der Waals surface area (Å²) in [5.74, 6) is -5.81. The van der Waals surface area contributed by atoms with Crippen molar-refractivity contribution in [2.45, 2.75) is 0 Å². The zero-order valence-corrected chi connectivity index (χ0v) is 11.8. The van der Waals surface area contributed by atoms with E-state index < -0.39 is 46.0 Å². The molecule has 0 heterocycles. The summed E-state index contributed by atoms with van der Waals surface area (Å²) >= 11 is 0. The summed E-state index contributed by atoms with van der Waals surface area (Å²) in [7, 11) is 0. The fourth-order valence-corrected chi connectivity index (χ4v) is 1.96. The van der Waals surface area contributed by atoms with Crippen LogP contribution in [0.2, 0.25) is 0 Å². The van der Waals surface area contributed by atoms with E-state index in [0.29, 0.717) is 0 Å². The van der Waals surface area contributed by atoms with Crippen LogP contribution >= 0.6 is 0 Å². The van der Waals surface area contributed by atoms with Crippen LogP contribution in [0.4, 0.5) is 5.69 Å². The zero-order valence-electron chi connectivity index (χ0n) is 11.8. The minimum atomic E-state index is -1.56. The molecular formula is C15H11NO8. The largest absolute Gasteiger partial charge is 0.508 e. The fraction of sp³-hybridized carbons (Fsp3) is 0. The van der Waals surface area contributed by atoms with E-state index in [1.54, 1.807) is 0 Å². The third kappa shape index (κ3) is 3.19. The molecule has 0 unspecified atom stereocenters. The Bertz CT molecular complexity index is 859. The van der Waals surface area contributed by atoms with Crippen LogP contribution in [0.5, 0.6) is 17.2 Å². The van der Waals surface area contributed by atoms with Gasteiger partial charge in [0.1, 0.15) is 22.8 Å². The first-order chi connectivity index (χ1) is 11.2. The molecule has 0 aromatic heterocycles. The highest BCUT2D eigenvalue weighted by molar-refractivity contribution is 6.11. The smallest absolute Gasteiger partial charge is 0.339 e. The molecule has 0 atom stereocenters. The van der Waals surface area contributed by atoms with Crippen LogP contribution in [0.15, 0.2) is 30.3 Å². The van der Waals surface area contributed by atoms with Gasteiger partial charge in [-0.05, 0) is 30.3 Å². The van der Waals surface area contributed by atoms with Crippen LogP contribution in [0.25, 0.3) is 0 Å². The number of anilines is 1. The number of phenols is 3. The first kappa shape index (κ1) is 16.6. The van der Waals surface area contributed by atoms with E-state index in [4.69, 9.17) is 10.2 Å². The molecule has 2 aromatic rings. The number of carbonyl (C=O) groups is 3. The number of benzene rings is 2. The molecule has 0 radical (unpaired) electrons. The number of rotatable bonds is 4. The molecule has 0 spiro atoms. The maximum absolute atomic E-state index is 12.2. The summed E-state index contributed by atoms with van der Waals surface area (Å²) in [5, 5.41) is 48.8. The van der Waals surface area contributed by atoms with Gasteiger partial charge in [0, 0.05) is 0 Å². The number of hydrogen-bond acceptors (Lipinski definition) is 6. The Kier molecular flexibility index (Phi) is 4.27. The summed E-state index contributed by atoms with van der Waals surface area (Å²) in [6, 6.07) is 4.75. The second-order valence-electron chi connectivity index (χ2n) is 4.68. The van der Waals surface area contributed by atoms with Gasteiger partial charge in [-0.3, -0.25) is 4.79 Å². The minimum absolute atomic E-state index is 0.190. The Balaban J connectivity index is 2.45. The molecule has 0 saturated heterocycles. The van der Waals surface area contributed by atoms with Crippen LogP contribution in [-0.2, 0) is 0 Å². The van der Waals surface area contributed by atoms with Gasteiger partial charge < -0.3 is 30.8 Å². The standard InChI is InChI=1S/C15H11NO8/c17-6-1-2-11(8(3-6)14(21)22)16-13(20)9-4-7(18)5-10(12(9)19)15(23)24/h1-5,17-19H,(H,16,20)(H,21,22)(H,23,24).